The molecule has 0 aliphatic carbocycles. The zero-order valence-electron chi connectivity index (χ0n) is 48.9. The minimum Gasteiger partial charge on any atom is -0.492 e. The van der Waals surface area contributed by atoms with E-state index in [9.17, 15) is 79.9 Å². The summed E-state index contributed by atoms with van der Waals surface area (Å²) < 4.78 is 75.0. The molecule has 5 aliphatic heterocycles. The number of piperidine rings is 1. The van der Waals surface area contributed by atoms with Gasteiger partial charge < -0.3 is 46.0 Å². The van der Waals surface area contributed by atoms with Crippen molar-refractivity contribution in [2.45, 2.75) is 126 Å². The molecule has 6 atom stereocenters. The average molecular weight is 1280 g/mol. The van der Waals surface area contributed by atoms with Crippen LogP contribution < -0.4 is 31.7 Å². The van der Waals surface area contributed by atoms with Gasteiger partial charge in [0.1, 0.15) is 42.6 Å². The van der Waals surface area contributed by atoms with Crippen LogP contribution >= 0.6 is 18.9 Å². The van der Waals surface area contributed by atoms with Gasteiger partial charge in [-0.2, -0.15) is 8.78 Å². The first-order valence-corrected chi connectivity index (χ1v) is 31.5. The van der Waals surface area contributed by atoms with E-state index in [4.69, 9.17) is 10.5 Å². The van der Waals surface area contributed by atoms with Gasteiger partial charge in [0.25, 0.3) is 24.1 Å². The zero-order valence-corrected chi connectivity index (χ0v) is 50.6. The Morgan fingerprint density at radius 3 is 2.18 bits per heavy atom. The molecule has 3 unspecified atom stereocenters. The molecule has 4 aromatic rings. The Morgan fingerprint density at radius 1 is 0.820 bits per heavy atom. The normalized spacial score (nSPS) is 21.2. The zero-order chi connectivity index (χ0) is 64.4. The number of piperazine rings is 1. The first-order chi connectivity index (χ1) is 42.0. The summed E-state index contributed by atoms with van der Waals surface area (Å²) in [6.45, 7) is 6.70. The van der Waals surface area contributed by atoms with Crippen molar-refractivity contribution in [2.24, 2.45) is 5.73 Å². The highest BCUT2D eigenvalue weighted by Gasteiger charge is 2.51. The lowest BCUT2D eigenvalue weighted by Gasteiger charge is -2.39. The van der Waals surface area contributed by atoms with Crippen LogP contribution in [0.3, 0.4) is 0 Å². The van der Waals surface area contributed by atoms with Crippen molar-refractivity contribution in [1.82, 2.24) is 45.8 Å². The predicted octanol–water partition coefficient (Wildman–Crippen LogP) is 2.96. The number of benzene rings is 3. The highest BCUT2D eigenvalue weighted by atomic mass is 32.1. The number of nitrogens with one attached hydrogen (secondary N) is 4. The van der Waals surface area contributed by atoms with Gasteiger partial charge in [-0.25, -0.2) is 8.78 Å². The third-order valence-electron chi connectivity index (χ3n) is 16.7. The van der Waals surface area contributed by atoms with Crippen LogP contribution in [-0.2, 0) is 55.6 Å². The van der Waals surface area contributed by atoms with Gasteiger partial charge in [-0.15, -0.1) is 11.3 Å². The van der Waals surface area contributed by atoms with E-state index in [1.165, 1.54) is 34.1 Å². The number of rotatable bonds is 21. The Hall–Kier alpha value is -7.69. The minimum absolute atomic E-state index is 0.00877. The largest absolute Gasteiger partial charge is 0.492 e. The van der Waals surface area contributed by atoms with Crippen LogP contribution in [0.5, 0.6) is 5.75 Å². The van der Waals surface area contributed by atoms with Gasteiger partial charge in [0.15, 0.2) is 0 Å². The molecule has 1 aromatic heterocycles. The second kappa shape index (κ2) is 26.8. The van der Waals surface area contributed by atoms with E-state index in [-0.39, 0.29) is 109 Å². The van der Waals surface area contributed by atoms with E-state index in [0.717, 1.165) is 40.0 Å². The fourth-order valence-electron chi connectivity index (χ4n) is 11.8. The summed E-state index contributed by atoms with van der Waals surface area (Å²) in [7, 11) is -5.94. The maximum absolute atomic E-state index is 14.8. The van der Waals surface area contributed by atoms with E-state index in [1.54, 1.807) is 4.90 Å². The Bertz CT molecular complexity index is 3500. The molecule has 0 radical (unpaired) electrons. The Morgan fingerprint density at radius 2 is 1.52 bits per heavy atom. The Labute approximate surface area is 512 Å². The molecule has 0 saturated carbocycles. The van der Waals surface area contributed by atoms with E-state index < -0.39 is 134 Å². The summed E-state index contributed by atoms with van der Waals surface area (Å²) >= 11 is 0.804. The van der Waals surface area contributed by atoms with Crippen LogP contribution in [0.4, 0.5) is 17.6 Å². The molecule has 24 nitrogen and oxygen atoms in total. The summed E-state index contributed by atoms with van der Waals surface area (Å²) in [6, 6.07) is 8.52. The van der Waals surface area contributed by atoms with Gasteiger partial charge in [0.05, 0.1) is 22.5 Å². The summed E-state index contributed by atoms with van der Waals surface area (Å²) in [6.07, 6.45) is -3.16. The van der Waals surface area contributed by atoms with Crippen LogP contribution in [0.2, 0.25) is 0 Å². The molecule has 8 N–H and O–H groups in total. The lowest BCUT2D eigenvalue weighted by molar-refractivity contribution is -0.144. The number of nitrogens with zero attached hydrogens (tertiary/aromatic N) is 5. The van der Waals surface area contributed by atoms with Crippen molar-refractivity contribution < 1.29 is 84.6 Å². The quantitative estimate of drug-likeness (QED) is 0.0358. The number of imide groups is 2. The molecular formula is C59H69F4N10O14PS. The highest BCUT2D eigenvalue weighted by molar-refractivity contribution is 7.52. The number of primary amides is 1. The molecule has 30 heteroatoms. The number of hydrogen-bond donors (Lipinski definition) is 7. The molecule has 4 saturated heterocycles. The first kappa shape index (κ1) is 65.7. The van der Waals surface area contributed by atoms with E-state index >= 15 is 0 Å². The maximum atomic E-state index is 14.8. The summed E-state index contributed by atoms with van der Waals surface area (Å²) in [5.41, 5.74) is 1.66. The van der Waals surface area contributed by atoms with Crippen molar-refractivity contribution in [1.29, 1.82) is 0 Å². The van der Waals surface area contributed by atoms with Gasteiger partial charge >= 0.3 is 13.3 Å². The highest BCUT2D eigenvalue weighted by Crippen LogP contribution is 2.59. The fraction of sp³-hybridized carbons (Fsp3) is 0.492. The topological polar surface area (TPSA) is 328 Å². The molecule has 9 rings (SSSR count). The molecule has 89 heavy (non-hydrogen) atoms. The SMILES string of the molecule is CC(C)(C)c1ccc(CC(NC(=O)C(CCC(N)=O)NC(=O)[C@@H]2CC[C@@H]3CCN(CC(F)F)C[C@H](NC(=O)c4cc5cc(C(F)(F)P(=O)(O)O)ccc5s4)C(=O)N32)C(=O)N2CCN(CCOc3ccc4c(c3)C(=O)N(C3CCC(=O)NC3=O)C4=O)CC2)cc1. The maximum Gasteiger partial charge on any atom is 0.399 e. The van der Waals surface area contributed by atoms with Crippen molar-refractivity contribution in [3.63, 3.8) is 0 Å². The molecule has 0 bridgehead atoms. The van der Waals surface area contributed by atoms with Gasteiger partial charge in [-0.3, -0.25) is 72.5 Å². The van der Waals surface area contributed by atoms with Gasteiger partial charge in [0.2, 0.25) is 41.4 Å². The second-order valence-electron chi connectivity index (χ2n) is 23.9. The van der Waals surface area contributed by atoms with Gasteiger partial charge in [0, 0.05) is 81.4 Å². The van der Waals surface area contributed by atoms with Crippen LogP contribution in [-0.4, -0.2) is 195 Å². The van der Waals surface area contributed by atoms with Crippen LogP contribution in [0.25, 0.3) is 10.1 Å². The number of nitrogens with two attached hydrogens (primary N) is 1. The average Bonchev–Trinajstić information content (AvgIpc) is 1.70. The van der Waals surface area contributed by atoms with E-state index in [1.807, 2.05) is 49.9 Å². The Kier molecular flexibility index (Phi) is 19.8. The lowest BCUT2D eigenvalue weighted by atomic mass is 9.86. The standard InChI is InChI=1S/C59H69F4N10O14PS/c1-58(2,3)34-6-4-32(5-7-34)26-41(56(82)71-22-20-69(21-23-71)24-25-87-37-10-11-38-39(29-37)55(81)73(54(38)80)44-14-17-49(75)68-52(44)78)66-50(76)40(12-16-48(64)74)65-51(77)43-13-9-36-18-19-70(31-47(60)61)30-42(57(83)72(36)43)67-53(79)46-28-33-27-35(8-15-45(33)89-46)59(62,63)88(84,85)86/h4-8,10-11,15,27-29,36,40-44,47H,9,12-14,16-26,30-31H2,1-3H3,(H2,64,74)(H,65,77)(H,66,76)(H,67,79)(H,68,75,78)(H2,84,85,86)/t36-,40?,41?,42+,43+,44?/m1/s1. The smallest absolute Gasteiger partial charge is 0.399 e. The molecule has 478 valence electrons. The molecule has 0 spiro atoms. The number of ether oxygens (including phenoxy) is 1. The number of alkyl halides is 4. The molecule has 4 fully saturated rings. The molecular weight excluding hydrogens is 1210 g/mol. The van der Waals surface area contributed by atoms with E-state index in [0.29, 0.717) is 30.9 Å². The van der Waals surface area contributed by atoms with Crippen molar-refractivity contribution >= 4 is 88.1 Å². The number of fused-ring (bicyclic) bond motifs is 3. The second-order valence-corrected chi connectivity index (χ2v) is 26.6. The number of thiophene rings is 1. The molecule has 6 heterocycles. The lowest BCUT2D eigenvalue weighted by Crippen LogP contribution is -2.62. The third-order valence-corrected chi connectivity index (χ3v) is 18.8. The van der Waals surface area contributed by atoms with Crippen molar-refractivity contribution in [2.75, 3.05) is 59.0 Å². The number of amides is 10. The monoisotopic (exact) mass is 1280 g/mol. The fourth-order valence-corrected chi connectivity index (χ4v) is 13.2. The van der Waals surface area contributed by atoms with Gasteiger partial charge in [-0.05, 0) is 90.4 Å². The summed E-state index contributed by atoms with van der Waals surface area (Å²) in [5, 5.41) is 10.3. The Balaban J connectivity index is 0.869. The first-order valence-electron chi connectivity index (χ1n) is 29.1. The summed E-state index contributed by atoms with van der Waals surface area (Å²) in [5.74, 6) is -6.91. The third kappa shape index (κ3) is 15.0. The van der Waals surface area contributed by atoms with Crippen molar-refractivity contribution in [3.05, 3.63) is 99.4 Å². The number of halogens is 4. The predicted molar refractivity (Wildman–Crippen MR) is 312 cm³/mol. The molecule has 10 amide bonds. The van der Waals surface area contributed by atoms with Crippen LogP contribution in [0, 0.1) is 0 Å². The van der Waals surface area contributed by atoms with E-state index in [2.05, 4.69) is 21.3 Å². The number of hydrogen-bond acceptors (Lipinski definition) is 15. The summed E-state index contributed by atoms with van der Waals surface area (Å²) in [4.78, 5) is 161. The number of carbonyl (C=O) groups is 10. The molecule has 5 aliphatic rings. The van der Waals surface area contributed by atoms with Crippen LogP contribution in [0.15, 0.2) is 66.7 Å². The van der Waals surface area contributed by atoms with Gasteiger partial charge in [-0.1, -0.05) is 51.1 Å². The minimum atomic E-state index is -5.94. The van der Waals surface area contributed by atoms with Crippen molar-refractivity contribution in [3.8, 4) is 5.75 Å². The number of carbonyl (C=O) groups excluding carboxylic acids is 10. The molecule has 3 aromatic carbocycles. The van der Waals surface area contributed by atoms with Crippen LogP contribution in [0.1, 0.15) is 113 Å².